The van der Waals surface area contributed by atoms with E-state index < -0.39 is 15.1 Å². The molecule has 2 N–H and O–H groups in total. The predicted octanol–water partition coefficient (Wildman–Crippen LogP) is 1.33. The SMILES string of the molecule is CCCCCC(N)C(C)S(C)(=O)=O. The van der Waals surface area contributed by atoms with Crippen LogP contribution in [0.25, 0.3) is 0 Å². The zero-order valence-electron chi connectivity index (χ0n) is 8.79. The Labute approximate surface area is 81.6 Å². The molecular formula is C9H21NO2S. The maximum Gasteiger partial charge on any atom is 0.151 e. The average molecular weight is 207 g/mol. The van der Waals surface area contributed by atoms with Gasteiger partial charge in [-0.15, -0.1) is 0 Å². The van der Waals surface area contributed by atoms with E-state index in [1.807, 2.05) is 0 Å². The molecule has 80 valence electrons. The van der Waals surface area contributed by atoms with Crippen LogP contribution in [-0.4, -0.2) is 26.0 Å². The van der Waals surface area contributed by atoms with Crippen LogP contribution in [0.1, 0.15) is 39.5 Å². The summed E-state index contributed by atoms with van der Waals surface area (Å²) < 4.78 is 22.3. The number of hydrogen-bond donors (Lipinski definition) is 1. The second-order valence-corrected chi connectivity index (χ2v) is 6.10. The molecule has 0 aromatic rings. The molecule has 0 heterocycles. The van der Waals surface area contributed by atoms with Crippen LogP contribution in [0.4, 0.5) is 0 Å². The maximum atomic E-state index is 11.1. The quantitative estimate of drug-likeness (QED) is 0.668. The molecule has 0 aliphatic carbocycles. The zero-order chi connectivity index (χ0) is 10.5. The summed E-state index contributed by atoms with van der Waals surface area (Å²) in [6, 6.07) is -0.207. The molecule has 0 aliphatic heterocycles. The highest BCUT2D eigenvalue weighted by atomic mass is 32.2. The first-order valence-corrected chi connectivity index (χ1v) is 6.79. The molecule has 0 aliphatic rings. The molecule has 0 amide bonds. The third kappa shape index (κ3) is 5.26. The van der Waals surface area contributed by atoms with Crippen LogP contribution in [-0.2, 0) is 9.84 Å². The Morgan fingerprint density at radius 2 is 1.85 bits per heavy atom. The van der Waals surface area contributed by atoms with E-state index in [1.54, 1.807) is 6.92 Å². The summed E-state index contributed by atoms with van der Waals surface area (Å²) in [5, 5.41) is -0.413. The van der Waals surface area contributed by atoms with Crippen LogP contribution in [0.5, 0.6) is 0 Å². The van der Waals surface area contributed by atoms with Gasteiger partial charge in [-0.1, -0.05) is 26.2 Å². The van der Waals surface area contributed by atoms with Gasteiger partial charge < -0.3 is 5.73 Å². The van der Waals surface area contributed by atoms with Crippen molar-refractivity contribution in [2.24, 2.45) is 5.73 Å². The van der Waals surface area contributed by atoms with E-state index in [0.29, 0.717) is 0 Å². The highest BCUT2D eigenvalue weighted by Gasteiger charge is 2.21. The first-order chi connectivity index (χ1) is 5.89. The summed E-state index contributed by atoms with van der Waals surface area (Å²) in [6.07, 6.45) is 5.35. The van der Waals surface area contributed by atoms with Gasteiger partial charge in [0.25, 0.3) is 0 Å². The zero-order valence-corrected chi connectivity index (χ0v) is 9.60. The second-order valence-electron chi connectivity index (χ2n) is 3.69. The number of rotatable bonds is 6. The third-order valence-corrected chi connectivity index (χ3v) is 4.12. The Morgan fingerprint density at radius 3 is 2.23 bits per heavy atom. The summed E-state index contributed by atoms with van der Waals surface area (Å²) >= 11 is 0. The molecule has 0 aromatic carbocycles. The summed E-state index contributed by atoms with van der Waals surface area (Å²) in [7, 11) is -2.96. The van der Waals surface area contributed by atoms with E-state index in [4.69, 9.17) is 5.73 Å². The molecule has 13 heavy (non-hydrogen) atoms. The fraction of sp³-hybridized carbons (Fsp3) is 1.00. The molecule has 0 fully saturated rings. The van der Waals surface area contributed by atoms with E-state index in [2.05, 4.69) is 6.92 Å². The molecule has 0 bridgehead atoms. The van der Waals surface area contributed by atoms with E-state index in [0.717, 1.165) is 25.7 Å². The Balaban J connectivity index is 3.90. The minimum atomic E-state index is -2.96. The highest BCUT2D eigenvalue weighted by molar-refractivity contribution is 7.91. The molecule has 0 radical (unpaired) electrons. The largest absolute Gasteiger partial charge is 0.327 e. The van der Waals surface area contributed by atoms with E-state index >= 15 is 0 Å². The molecular weight excluding hydrogens is 186 g/mol. The third-order valence-electron chi connectivity index (χ3n) is 2.42. The number of hydrogen-bond acceptors (Lipinski definition) is 3. The van der Waals surface area contributed by atoms with Crippen molar-refractivity contribution < 1.29 is 8.42 Å². The molecule has 0 spiro atoms. The van der Waals surface area contributed by atoms with Crippen molar-refractivity contribution >= 4 is 9.84 Å². The minimum absolute atomic E-state index is 0.207. The lowest BCUT2D eigenvalue weighted by molar-refractivity contribution is 0.524. The van der Waals surface area contributed by atoms with Gasteiger partial charge in [0, 0.05) is 12.3 Å². The van der Waals surface area contributed by atoms with Crippen LogP contribution >= 0.6 is 0 Å². The Morgan fingerprint density at radius 1 is 1.31 bits per heavy atom. The molecule has 2 unspecified atom stereocenters. The monoisotopic (exact) mass is 207 g/mol. The van der Waals surface area contributed by atoms with Crippen molar-refractivity contribution in [3.63, 3.8) is 0 Å². The van der Waals surface area contributed by atoms with E-state index in [-0.39, 0.29) is 6.04 Å². The molecule has 0 aromatic heterocycles. The van der Waals surface area contributed by atoms with Gasteiger partial charge in [-0.2, -0.15) is 0 Å². The van der Waals surface area contributed by atoms with Crippen LogP contribution in [0.3, 0.4) is 0 Å². The lowest BCUT2D eigenvalue weighted by atomic mass is 10.1. The normalized spacial score (nSPS) is 16.9. The minimum Gasteiger partial charge on any atom is -0.327 e. The predicted molar refractivity (Wildman–Crippen MR) is 56.4 cm³/mol. The molecule has 0 rings (SSSR count). The summed E-state index contributed by atoms with van der Waals surface area (Å²) in [5.41, 5.74) is 5.76. The van der Waals surface area contributed by atoms with Crippen molar-refractivity contribution in [3.05, 3.63) is 0 Å². The van der Waals surface area contributed by atoms with Crippen LogP contribution in [0, 0.1) is 0 Å². The first-order valence-electron chi connectivity index (χ1n) is 4.84. The van der Waals surface area contributed by atoms with Crippen molar-refractivity contribution in [3.8, 4) is 0 Å². The van der Waals surface area contributed by atoms with Gasteiger partial charge in [-0.3, -0.25) is 0 Å². The first kappa shape index (κ1) is 12.9. The van der Waals surface area contributed by atoms with Crippen LogP contribution in [0.15, 0.2) is 0 Å². The maximum absolute atomic E-state index is 11.1. The van der Waals surface area contributed by atoms with Gasteiger partial charge in [0.2, 0.25) is 0 Å². The topological polar surface area (TPSA) is 60.2 Å². The van der Waals surface area contributed by atoms with Gasteiger partial charge in [0.1, 0.15) is 0 Å². The highest BCUT2D eigenvalue weighted by Crippen LogP contribution is 2.09. The fourth-order valence-corrected chi connectivity index (χ4v) is 1.95. The van der Waals surface area contributed by atoms with E-state index in [9.17, 15) is 8.42 Å². The molecule has 4 heteroatoms. The summed E-state index contributed by atoms with van der Waals surface area (Å²) in [4.78, 5) is 0. The van der Waals surface area contributed by atoms with Gasteiger partial charge >= 0.3 is 0 Å². The van der Waals surface area contributed by atoms with Crippen molar-refractivity contribution in [1.29, 1.82) is 0 Å². The van der Waals surface area contributed by atoms with Gasteiger partial charge in [-0.25, -0.2) is 8.42 Å². The summed E-state index contributed by atoms with van der Waals surface area (Å²) in [6.45, 7) is 3.80. The Bertz CT molecular complexity index is 224. The second kappa shape index (κ2) is 5.60. The fourth-order valence-electron chi connectivity index (χ4n) is 1.18. The smallest absolute Gasteiger partial charge is 0.151 e. The molecule has 3 nitrogen and oxygen atoms in total. The van der Waals surface area contributed by atoms with Gasteiger partial charge in [0.15, 0.2) is 9.84 Å². The van der Waals surface area contributed by atoms with Crippen molar-refractivity contribution in [2.45, 2.75) is 50.8 Å². The molecule has 0 saturated heterocycles. The van der Waals surface area contributed by atoms with Gasteiger partial charge in [-0.05, 0) is 13.3 Å². The van der Waals surface area contributed by atoms with Crippen molar-refractivity contribution in [1.82, 2.24) is 0 Å². The van der Waals surface area contributed by atoms with E-state index in [1.165, 1.54) is 6.26 Å². The number of nitrogens with two attached hydrogens (primary N) is 1. The summed E-state index contributed by atoms with van der Waals surface area (Å²) in [5.74, 6) is 0. The average Bonchev–Trinajstić information content (AvgIpc) is 2.01. The number of sulfone groups is 1. The van der Waals surface area contributed by atoms with Gasteiger partial charge in [0.05, 0.1) is 5.25 Å². The van der Waals surface area contributed by atoms with Crippen molar-refractivity contribution in [2.75, 3.05) is 6.26 Å². The Kier molecular flexibility index (Phi) is 5.56. The lowest BCUT2D eigenvalue weighted by Crippen LogP contribution is -2.37. The standard InChI is InChI=1S/C9H21NO2S/c1-4-5-6-7-9(10)8(2)13(3,11)12/h8-9H,4-7,10H2,1-3H3. The van der Waals surface area contributed by atoms with Crippen LogP contribution < -0.4 is 5.73 Å². The van der Waals surface area contributed by atoms with Crippen LogP contribution in [0.2, 0.25) is 0 Å². The number of unbranched alkanes of at least 4 members (excludes halogenated alkanes) is 2. The lowest BCUT2D eigenvalue weighted by Gasteiger charge is -2.17. The molecule has 2 atom stereocenters. The molecule has 0 saturated carbocycles. The Hall–Kier alpha value is -0.0900.